The number of aromatic nitrogens is 1. The summed E-state index contributed by atoms with van der Waals surface area (Å²) in [5.41, 5.74) is -0.0493. The lowest BCUT2D eigenvalue weighted by Crippen LogP contribution is -2.35. The summed E-state index contributed by atoms with van der Waals surface area (Å²) in [5.74, 6) is -0.305. The number of aromatic amines is 1. The van der Waals surface area contributed by atoms with Gasteiger partial charge < -0.3 is 15.2 Å². The largest absolute Gasteiger partial charge is 0.354 e. The van der Waals surface area contributed by atoms with Gasteiger partial charge in [0, 0.05) is 32.1 Å². The Morgan fingerprint density at radius 3 is 2.82 bits per heavy atom. The third-order valence-corrected chi connectivity index (χ3v) is 2.60. The Morgan fingerprint density at radius 1 is 1.24 bits per heavy atom. The molecular formula is C11H13N3O3. The molecule has 1 aromatic heterocycles. The second-order valence-corrected chi connectivity index (χ2v) is 3.82. The van der Waals surface area contributed by atoms with Crippen molar-refractivity contribution >= 4 is 11.8 Å². The van der Waals surface area contributed by atoms with E-state index in [1.54, 1.807) is 11.0 Å². The topological polar surface area (TPSA) is 82.3 Å². The Morgan fingerprint density at radius 2 is 2.06 bits per heavy atom. The summed E-state index contributed by atoms with van der Waals surface area (Å²) < 4.78 is 0. The smallest absolute Gasteiger partial charge is 0.270 e. The molecule has 90 valence electrons. The van der Waals surface area contributed by atoms with E-state index < -0.39 is 0 Å². The molecule has 0 saturated carbocycles. The van der Waals surface area contributed by atoms with Crippen molar-refractivity contribution in [2.45, 2.75) is 6.42 Å². The summed E-state index contributed by atoms with van der Waals surface area (Å²) >= 11 is 0. The van der Waals surface area contributed by atoms with Gasteiger partial charge in [0.05, 0.1) is 0 Å². The number of H-pyrrole nitrogens is 1. The van der Waals surface area contributed by atoms with Gasteiger partial charge in [0.25, 0.3) is 5.91 Å². The van der Waals surface area contributed by atoms with Crippen molar-refractivity contribution in [3.63, 3.8) is 0 Å². The maximum Gasteiger partial charge on any atom is 0.270 e. The molecule has 1 fully saturated rings. The monoisotopic (exact) mass is 235 g/mol. The Kier molecular flexibility index (Phi) is 3.22. The van der Waals surface area contributed by atoms with Crippen molar-refractivity contribution in [3.8, 4) is 0 Å². The van der Waals surface area contributed by atoms with Crippen LogP contribution in [-0.4, -0.2) is 41.3 Å². The average molecular weight is 235 g/mol. The molecule has 1 aliphatic heterocycles. The zero-order valence-electron chi connectivity index (χ0n) is 9.23. The highest BCUT2D eigenvalue weighted by Crippen LogP contribution is 2.03. The first-order valence-electron chi connectivity index (χ1n) is 5.42. The summed E-state index contributed by atoms with van der Waals surface area (Å²) in [6.45, 7) is 1.28. The Balaban J connectivity index is 2.14. The molecule has 2 N–H and O–H groups in total. The minimum absolute atomic E-state index is 0.0538. The van der Waals surface area contributed by atoms with E-state index in [1.807, 2.05) is 0 Å². The number of rotatable bonds is 1. The molecule has 0 unspecified atom stereocenters. The van der Waals surface area contributed by atoms with Crippen LogP contribution in [0.5, 0.6) is 0 Å². The van der Waals surface area contributed by atoms with Gasteiger partial charge in [0.15, 0.2) is 0 Å². The predicted octanol–water partition coefficient (Wildman–Crippen LogP) is -0.663. The van der Waals surface area contributed by atoms with Gasteiger partial charge in [-0.1, -0.05) is 6.07 Å². The van der Waals surface area contributed by atoms with Gasteiger partial charge in [-0.25, -0.2) is 0 Å². The summed E-state index contributed by atoms with van der Waals surface area (Å²) in [7, 11) is 0. The van der Waals surface area contributed by atoms with E-state index in [2.05, 4.69) is 10.3 Å². The van der Waals surface area contributed by atoms with Crippen molar-refractivity contribution in [2.24, 2.45) is 0 Å². The lowest BCUT2D eigenvalue weighted by atomic mass is 10.3. The first-order chi connectivity index (χ1) is 8.16. The molecule has 0 bridgehead atoms. The number of amides is 2. The minimum Gasteiger partial charge on any atom is -0.354 e. The Bertz CT molecular complexity index is 495. The van der Waals surface area contributed by atoms with Crippen LogP contribution in [0.2, 0.25) is 0 Å². The number of hydrogen-bond donors (Lipinski definition) is 2. The van der Waals surface area contributed by atoms with E-state index in [0.717, 1.165) is 0 Å². The lowest BCUT2D eigenvalue weighted by molar-refractivity contribution is -0.120. The minimum atomic E-state index is -0.306. The maximum atomic E-state index is 12.0. The maximum absolute atomic E-state index is 12.0. The third-order valence-electron chi connectivity index (χ3n) is 2.60. The molecule has 0 aliphatic carbocycles. The fourth-order valence-electron chi connectivity index (χ4n) is 1.71. The molecule has 2 amide bonds. The summed E-state index contributed by atoms with van der Waals surface area (Å²) in [4.78, 5) is 38.3. The van der Waals surface area contributed by atoms with Gasteiger partial charge in [-0.15, -0.1) is 0 Å². The van der Waals surface area contributed by atoms with E-state index in [0.29, 0.717) is 26.1 Å². The van der Waals surface area contributed by atoms with E-state index in [-0.39, 0.29) is 23.1 Å². The fourth-order valence-corrected chi connectivity index (χ4v) is 1.71. The van der Waals surface area contributed by atoms with E-state index in [9.17, 15) is 14.4 Å². The quantitative estimate of drug-likeness (QED) is 0.677. The summed E-state index contributed by atoms with van der Waals surface area (Å²) in [6.07, 6.45) is 0.294. The molecule has 0 radical (unpaired) electrons. The molecule has 2 rings (SSSR count). The van der Waals surface area contributed by atoms with Crippen LogP contribution in [0.15, 0.2) is 23.0 Å². The molecule has 17 heavy (non-hydrogen) atoms. The van der Waals surface area contributed by atoms with Crippen LogP contribution in [0, 0.1) is 0 Å². The standard InChI is InChI=1S/C11H13N3O3/c15-9-4-6-14(7-5-12-9)11(17)8-2-1-3-10(16)13-8/h1-3H,4-7H2,(H,12,15)(H,13,16). The van der Waals surface area contributed by atoms with Crippen LogP contribution in [-0.2, 0) is 4.79 Å². The number of carbonyl (C=O) groups excluding carboxylic acids is 2. The van der Waals surface area contributed by atoms with Gasteiger partial charge in [-0.3, -0.25) is 14.4 Å². The van der Waals surface area contributed by atoms with Gasteiger partial charge in [-0.05, 0) is 6.07 Å². The highest BCUT2D eigenvalue weighted by molar-refractivity contribution is 5.92. The van der Waals surface area contributed by atoms with Gasteiger partial charge in [-0.2, -0.15) is 0 Å². The second kappa shape index (κ2) is 4.82. The number of nitrogens with one attached hydrogen (secondary N) is 2. The molecule has 1 saturated heterocycles. The third kappa shape index (κ3) is 2.72. The molecule has 0 spiro atoms. The van der Waals surface area contributed by atoms with Crippen LogP contribution in [0.4, 0.5) is 0 Å². The van der Waals surface area contributed by atoms with Gasteiger partial charge >= 0.3 is 0 Å². The molecule has 0 atom stereocenters. The van der Waals surface area contributed by atoms with Crippen LogP contribution in [0.25, 0.3) is 0 Å². The van der Waals surface area contributed by atoms with Gasteiger partial charge in [0.2, 0.25) is 11.5 Å². The van der Waals surface area contributed by atoms with Gasteiger partial charge in [0.1, 0.15) is 5.69 Å². The second-order valence-electron chi connectivity index (χ2n) is 3.82. The number of pyridine rings is 1. The summed E-state index contributed by atoms with van der Waals surface area (Å²) in [5, 5.41) is 2.69. The molecule has 1 aromatic rings. The van der Waals surface area contributed by atoms with Crippen molar-refractivity contribution in [1.82, 2.24) is 15.2 Å². The first-order valence-corrected chi connectivity index (χ1v) is 5.42. The van der Waals surface area contributed by atoms with Crippen LogP contribution in [0.3, 0.4) is 0 Å². The average Bonchev–Trinajstić information content (AvgIpc) is 2.53. The zero-order chi connectivity index (χ0) is 12.3. The number of nitrogens with zero attached hydrogens (tertiary/aromatic N) is 1. The van der Waals surface area contributed by atoms with Crippen molar-refractivity contribution in [3.05, 3.63) is 34.2 Å². The molecule has 2 heterocycles. The van der Waals surface area contributed by atoms with Crippen molar-refractivity contribution in [2.75, 3.05) is 19.6 Å². The first kappa shape index (κ1) is 11.4. The highest BCUT2D eigenvalue weighted by Gasteiger charge is 2.19. The number of hydrogen-bond acceptors (Lipinski definition) is 3. The molecule has 0 aromatic carbocycles. The molecule has 6 nitrogen and oxygen atoms in total. The predicted molar refractivity (Wildman–Crippen MR) is 60.6 cm³/mol. The number of carbonyl (C=O) groups is 2. The zero-order valence-corrected chi connectivity index (χ0v) is 9.23. The van der Waals surface area contributed by atoms with E-state index in [1.165, 1.54) is 12.1 Å². The molecular weight excluding hydrogens is 222 g/mol. The van der Waals surface area contributed by atoms with E-state index >= 15 is 0 Å². The summed E-state index contributed by atoms with van der Waals surface area (Å²) in [6, 6.07) is 4.45. The SMILES string of the molecule is O=C1CCN(C(=O)c2cccc(=O)[nH]2)CCN1. The van der Waals surface area contributed by atoms with Crippen LogP contribution < -0.4 is 10.9 Å². The Labute approximate surface area is 97.6 Å². The van der Waals surface area contributed by atoms with Crippen molar-refractivity contribution in [1.29, 1.82) is 0 Å². The molecule has 1 aliphatic rings. The van der Waals surface area contributed by atoms with E-state index in [4.69, 9.17) is 0 Å². The van der Waals surface area contributed by atoms with Crippen LogP contribution in [0.1, 0.15) is 16.9 Å². The fraction of sp³-hybridized carbons (Fsp3) is 0.364. The van der Waals surface area contributed by atoms with Crippen LogP contribution >= 0.6 is 0 Å². The Hall–Kier alpha value is -2.11. The molecule has 6 heteroatoms. The lowest BCUT2D eigenvalue weighted by Gasteiger charge is -2.18. The highest BCUT2D eigenvalue weighted by atomic mass is 16.2. The van der Waals surface area contributed by atoms with Crippen molar-refractivity contribution < 1.29 is 9.59 Å². The normalized spacial score (nSPS) is 16.2.